The largest absolute Gasteiger partial charge is 0.338 e. The molecule has 1 aliphatic heterocycles. The van der Waals surface area contributed by atoms with E-state index in [1.54, 1.807) is 17.1 Å². The summed E-state index contributed by atoms with van der Waals surface area (Å²) in [5.74, 6) is 0.763. The lowest BCUT2D eigenvalue weighted by molar-refractivity contribution is 0.0663. The monoisotopic (exact) mass is 264 g/mol. The van der Waals surface area contributed by atoms with Crippen molar-refractivity contribution in [2.45, 2.75) is 19.3 Å². The highest BCUT2D eigenvalue weighted by molar-refractivity contribution is 5.93. The van der Waals surface area contributed by atoms with Crippen LogP contribution in [-0.2, 0) is 7.05 Å². The number of piperidine rings is 1. The average Bonchev–Trinajstić information content (AvgIpc) is 2.82. The summed E-state index contributed by atoms with van der Waals surface area (Å²) in [5, 5.41) is 4.07. The zero-order valence-corrected chi connectivity index (χ0v) is 12.2. The van der Waals surface area contributed by atoms with Gasteiger partial charge in [-0.25, -0.2) is 0 Å². The van der Waals surface area contributed by atoms with E-state index in [-0.39, 0.29) is 5.91 Å². The van der Waals surface area contributed by atoms with E-state index in [1.165, 1.54) is 12.8 Å². The molecule has 1 unspecified atom stereocenters. The minimum Gasteiger partial charge on any atom is -0.338 e. The number of nitrogens with zero attached hydrogens (tertiary/aromatic N) is 4. The Labute approximate surface area is 115 Å². The third-order valence-corrected chi connectivity index (χ3v) is 3.74. The van der Waals surface area contributed by atoms with Crippen molar-refractivity contribution < 1.29 is 4.79 Å². The molecule has 1 aliphatic rings. The Morgan fingerprint density at radius 3 is 2.95 bits per heavy atom. The summed E-state index contributed by atoms with van der Waals surface area (Å²) < 4.78 is 1.68. The molecule has 1 fully saturated rings. The first kappa shape index (κ1) is 14.1. The highest BCUT2D eigenvalue weighted by Crippen LogP contribution is 2.21. The molecule has 106 valence electrons. The second-order valence-electron chi connectivity index (χ2n) is 5.75. The minimum absolute atomic E-state index is 0.127. The van der Waals surface area contributed by atoms with E-state index >= 15 is 0 Å². The molecule has 2 heterocycles. The molecule has 0 N–H and O–H groups in total. The van der Waals surface area contributed by atoms with Crippen molar-refractivity contribution >= 4 is 5.91 Å². The lowest BCUT2D eigenvalue weighted by atomic mass is 9.94. The van der Waals surface area contributed by atoms with E-state index in [1.807, 2.05) is 11.9 Å². The van der Waals surface area contributed by atoms with Gasteiger partial charge in [0.2, 0.25) is 0 Å². The third kappa shape index (κ3) is 3.80. The molecule has 0 saturated carbocycles. The Bertz CT molecular complexity index is 427. The number of likely N-dealkylation sites (tertiary alicyclic amines) is 1. The van der Waals surface area contributed by atoms with Crippen molar-refractivity contribution in [2.75, 3.05) is 33.7 Å². The average molecular weight is 264 g/mol. The van der Waals surface area contributed by atoms with Crippen LogP contribution in [0.2, 0.25) is 0 Å². The fraction of sp³-hybridized carbons (Fsp3) is 0.714. The molecule has 19 heavy (non-hydrogen) atoms. The van der Waals surface area contributed by atoms with Crippen LogP contribution in [-0.4, -0.2) is 59.2 Å². The molecule has 0 spiro atoms. The van der Waals surface area contributed by atoms with Crippen LogP contribution in [0.3, 0.4) is 0 Å². The number of carbonyl (C=O) groups is 1. The second kappa shape index (κ2) is 6.19. The lowest BCUT2D eigenvalue weighted by Crippen LogP contribution is -2.40. The van der Waals surface area contributed by atoms with Crippen LogP contribution < -0.4 is 0 Å². The quantitative estimate of drug-likeness (QED) is 0.821. The molecule has 0 aromatic carbocycles. The maximum Gasteiger partial charge on any atom is 0.257 e. The zero-order chi connectivity index (χ0) is 13.8. The number of aromatic nitrogens is 2. The van der Waals surface area contributed by atoms with Crippen LogP contribution in [0, 0.1) is 5.92 Å². The van der Waals surface area contributed by atoms with Crippen LogP contribution in [0.1, 0.15) is 29.6 Å². The standard InChI is InChI=1S/C14H24N4O/c1-16(2)8-6-12-5-4-7-18(10-12)14(19)13-9-15-17(3)11-13/h9,11-12H,4-8,10H2,1-3H3. The molecule has 1 aromatic rings. The van der Waals surface area contributed by atoms with Crippen molar-refractivity contribution in [3.63, 3.8) is 0 Å². The number of carbonyl (C=O) groups excluding carboxylic acids is 1. The van der Waals surface area contributed by atoms with Crippen LogP contribution >= 0.6 is 0 Å². The molecule has 5 heteroatoms. The predicted octanol–water partition coefficient (Wildman–Crippen LogP) is 1.22. The Morgan fingerprint density at radius 2 is 2.32 bits per heavy atom. The number of hydrogen-bond donors (Lipinski definition) is 0. The summed E-state index contributed by atoms with van der Waals surface area (Å²) >= 11 is 0. The minimum atomic E-state index is 0.127. The summed E-state index contributed by atoms with van der Waals surface area (Å²) in [6.07, 6.45) is 6.98. The number of rotatable bonds is 4. The summed E-state index contributed by atoms with van der Waals surface area (Å²) in [6.45, 7) is 2.87. The van der Waals surface area contributed by atoms with Gasteiger partial charge in [-0.3, -0.25) is 9.48 Å². The summed E-state index contributed by atoms with van der Waals surface area (Å²) in [5.41, 5.74) is 0.704. The molecule has 1 amide bonds. The van der Waals surface area contributed by atoms with Gasteiger partial charge in [0.1, 0.15) is 0 Å². The van der Waals surface area contributed by atoms with Gasteiger partial charge in [0, 0.05) is 26.3 Å². The smallest absolute Gasteiger partial charge is 0.257 e. The van der Waals surface area contributed by atoms with Crippen molar-refractivity contribution in [3.8, 4) is 0 Å². The first-order valence-electron chi connectivity index (χ1n) is 6.99. The lowest BCUT2D eigenvalue weighted by Gasteiger charge is -2.33. The highest BCUT2D eigenvalue weighted by atomic mass is 16.2. The van der Waals surface area contributed by atoms with E-state index in [0.717, 1.165) is 26.1 Å². The van der Waals surface area contributed by atoms with Gasteiger partial charge in [0.05, 0.1) is 11.8 Å². The molecule has 0 radical (unpaired) electrons. The Kier molecular flexibility index (Phi) is 4.58. The molecule has 1 saturated heterocycles. The summed E-state index contributed by atoms with van der Waals surface area (Å²) in [4.78, 5) is 16.6. The van der Waals surface area contributed by atoms with E-state index in [0.29, 0.717) is 11.5 Å². The van der Waals surface area contributed by atoms with Crippen LogP contribution in [0.25, 0.3) is 0 Å². The van der Waals surface area contributed by atoms with Crippen molar-refractivity contribution in [1.82, 2.24) is 19.6 Å². The van der Waals surface area contributed by atoms with Crippen LogP contribution in [0.5, 0.6) is 0 Å². The van der Waals surface area contributed by atoms with Gasteiger partial charge < -0.3 is 9.80 Å². The van der Waals surface area contributed by atoms with E-state index < -0.39 is 0 Å². The topological polar surface area (TPSA) is 41.4 Å². The highest BCUT2D eigenvalue weighted by Gasteiger charge is 2.24. The molecule has 1 aromatic heterocycles. The molecule has 0 aliphatic carbocycles. The SMILES string of the molecule is CN(C)CCC1CCCN(C(=O)c2cnn(C)c2)C1. The third-order valence-electron chi connectivity index (χ3n) is 3.74. The summed E-state index contributed by atoms with van der Waals surface area (Å²) in [6, 6.07) is 0. The van der Waals surface area contributed by atoms with E-state index in [2.05, 4.69) is 24.1 Å². The normalized spacial score (nSPS) is 20.0. The number of amides is 1. The van der Waals surface area contributed by atoms with E-state index in [9.17, 15) is 4.79 Å². The van der Waals surface area contributed by atoms with Crippen molar-refractivity contribution in [2.24, 2.45) is 13.0 Å². The molecule has 5 nitrogen and oxygen atoms in total. The fourth-order valence-electron chi connectivity index (χ4n) is 2.64. The Morgan fingerprint density at radius 1 is 1.53 bits per heavy atom. The zero-order valence-electron chi connectivity index (χ0n) is 12.2. The number of aryl methyl sites for hydroxylation is 1. The van der Waals surface area contributed by atoms with Gasteiger partial charge in [-0.05, 0) is 45.8 Å². The fourth-order valence-corrected chi connectivity index (χ4v) is 2.64. The first-order valence-corrected chi connectivity index (χ1v) is 6.99. The number of hydrogen-bond acceptors (Lipinski definition) is 3. The molecular weight excluding hydrogens is 240 g/mol. The molecular formula is C14H24N4O. The Hall–Kier alpha value is -1.36. The van der Waals surface area contributed by atoms with Crippen LogP contribution in [0.4, 0.5) is 0 Å². The van der Waals surface area contributed by atoms with E-state index in [4.69, 9.17) is 0 Å². The van der Waals surface area contributed by atoms with Gasteiger partial charge in [-0.1, -0.05) is 0 Å². The van der Waals surface area contributed by atoms with Crippen molar-refractivity contribution in [3.05, 3.63) is 18.0 Å². The maximum absolute atomic E-state index is 12.4. The van der Waals surface area contributed by atoms with Gasteiger partial charge >= 0.3 is 0 Å². The molecule has 1 atom stereocenters. The van der Waals surface area contributed by atoms with Crippen LogP contribution in [0.15, 0.2) is 12.4 Å². The summed E-state index contributed by atoms with van der Waals surface area (Å²) in [7, 11) is 6.04. The second-order valence-corrected chi connectivity index (χ2v) is 5.75. The van der Waals surface area contributed by atoms with Gasteiger partial charge in [0.15, 0.2) is 0 Å². The Balaban J connectivity index is 1.91. The van der Waals surface area contributed by atoms with Gasteiger partial charge in [-0.2, -0.15) is 5.10 Å². The van der Waals surface area contributed by atoms with Gasteiger partial charge in [-0.15, -0.1) is 0 Å². The van der Waals surface area contributed by atoms with Gasteiger partial charge in [0.25, 0.3) is 5.91 Å². The molecule has 2 rings (SSSR count). The molecule has 0 bridgehead atoms. The van der Waals surface area contributed by atoms with Crippen molar-refractivity contribution in [1.29, 1.82) is 0 Å². The predicted molar refractivity (Wildman–Crippen MR) is 75.0 cm³/mol. The first-order chi connectivity index (χ1) is 9.06. The maximum atomic E-state index is 12.4.